The van der Waals surface area contributed by atoms with Crippen molar-refractivity contribution in [3.63, 3.8) is 0 Å². The molecule has 1 unspecified atom stereocenters. The molecule has 114 valence electrons. The van der Waals surface area contributed by atoms with Crippen LogP contribution >= 0.6 is 15.9 Å². The second-order valence-electron chi connectivity index (χ2n) is 4.64. The van der Waals surface area contributed by atoms with E-state index in [-0.39, 0.29) is 0 Å². The van der Waals surface area contributed by atoms with E-state index in [1.54, 1.807) is 24.0 Å². The highest BCUT2D eigenvalue weighted by Gasteiger charge is 2.32. The van der Waals surface area contributed by atoms with Gasteiger partial charge < -0.3 is 5.32 Å². The van der Waals surface area contributed by atoms with Crippen molar-refractivity contribution in [2.75, 3.05) is 6.54 Å². The average Bonchev–Trinajstić information content (AvgIpc) is 2.82. The van der Waals surface area contributed by atoms with Crippen molar-refractivity contribution in [2.24, 2.45) is 7.05 Å². The fourth-order valence-corrected chi connectivity index (χ4v) is 2.58. The molecule has 1 N–H and O–H groups in total. The van der Waals surface area contributed by atoms with Crippen LogP contribution in [-0.4, -0.2) is 16.3 Å². The second-order valence-corrected chi connectivity index (χ2v) is 5.49. The van der Waals surface area contributed by atoms with Gasteiger partial charge in [0.15, 0.2) is 0 Å². The van der Waals surface area contributed by atoms with Crippen LogP contribution < -0.4 is 5.32 Å². The van der Waals surface area contributed by atoms with Crippen molar-refractivity contribution in [1.82, 2.24) is 15.1 Å². The van der Waals surface area contributed by atoms with Crippen LogP contribution in [0.15, 0.2) is 34.9 Å². The van der Waals surface area contributed by atoms with Gasteiger partial charge in [0.05, 0.1) is 17.3 Å². The summed E-state index contributed by atoms with van der Waals surface area (Å²) in [5.41, 5.74) is 0.532. The molecule has 0 amide bonds. The predicted molar refractivity (Wildman–Crippen MR) is 77.9 cm³/mol. The minimum Gasteiger partial charge on any atom is -0.305 e. The minimum atomic E-state index is -4.36. The zero-order chi connectivity index (χ0) is 15.6. The Hall–Kier alpha value is -1.34. The number of hydrogen-bond acceptors (Lipinski definition) is 2. The van der Waals surface area contributed by atoms with E-state index >= 15 is 0 Å². The predicted octanol–water partition coefficient (Wildman–Crippen LogP) is 3.90. The first-order chi connectivity index (χ1) is 9.82. The Labute approximate surface area is 129 Å². The Balaban J connectivity index is 2.49. The molecule has 0 fully saturated rings. The van der Waals surface area contributed by atoms with E-state index in [4.69, 9.17) is 0 Å². The number of aryl methyl sites for hydroxylation is 1. The number of alkyl halides is 3. The van der Waals surface area contributed by atoms with E-state index in [1.165, 1.54) is 6.07 Å². The Morgan fingerprint density at radius 2 is 2.05 bits per heavy atom. The van der Waals surface area contributed by atoms with Gasteiger partial charge in [0.25, 0.3) is 0 Å². The van der Waals surface area contributed by atoms with Crippen LogP contribution in [0.3, 0.4) is 0 Å². The van der Waals surface area contributed by atoms with Crippen LogP contribution in [0.25, 0.3) is 0 Å². The van der Waals surface area contributed by atoms with E-state index in [1.807, 2.05) is 6.92 Å². The number of aromatic nitrogens is 2. The van der Waals surface area contributed by atoms with Gasteiger partial charge in [0.2, 0.25) is 0 Å². The van der Waals surface area contributed by atoms with Gasteiger partial charge in [0.1, 0.15) is 0 Å². The molecule has 2 rings (SSSR count). The number of rotatable bonds is 4. The van der Waals surface area contributed by atoms with Gasteiger partial charge in [-0.1, -0.05) is 22.9 Å². The molecular formula is C14H15BrF3N3. The Morgan fingerprint density at radius 3 is 2.57 bits per heavy atom. The molecule has 0 saturated carbocycles. The van der Waals surface area contributed by atoms with E-state index in [0.29, 0.717) is 22.3 Å². The number of benzene rings is 1. The molecule has 0 bridgehead atoms. The highest BCUT2D eigenvalue weighted by molar-refractivity contribution is 9.10. The highest BCUT2D eigenvalue weighted by Crippen LogP contribution is 2.35. The van der Waals surface area contributed by atoms with E-state index < -0.39 is 17.8 Å². The zero-order valence-electron chi connectivity index (χ0n) is 11.6. The molecule has 21 heavy (non-hydrogen) atoms. The van der Waals surface area contributed by atoms with Crippen molar-refractivity contribution < 1.29 is 13.2 Å². The summed E-state index contributed by atoms with van der Waals surface area (Å²) in [6.45, 7) is 2.52. The molecule has 2 aromatic rings. The molecule has 7 heteroatoms. The van der Waals surface area contributed by atoms with Gasteiger partial charge in [-0.25, -0.2) is 0 Å². The van der Waals surface area contributed by atoms with Crippen molar-refractivity contribution in [1.29, 1.82) is 0 Å². The SMILES string of the molecule is CCNC(c1ccn(C)n1)c1cc(C(F)(F)F)ccc1Br. The molecule has 0 aliphatic rings. The summed E-state index contributed by atoms with van der Waals surface area (Å²) in [5.74, 6) is 0. The standard InChI is InChI=1S/C14H15BrF3N3/c1-3-19-13(12-6-7-21(2)20-12)10-8-9(14(16,17)18)4-5-11(10)15/h4-8,13,19H,3H2,1-2H3. The third-order valence-corrected chi connectivity index (χ3v) is 3.79. The highest BCUT2D eigenvalue weighted by atomic mass is 79.9. The molecule has 1 aromatic heterocycles. The lowest BCUT2D eigenvalue weighted by atomic mass is 10.0. The molecular weight excluding hydrogens is 347 g/mol. The molecule has 0 saturated heterocycles. The monoisotopic (exact) mass is 361 g/mol. The van der Waals surface area contributed by atoms with Gasteiger partial charge in [-0.05, 0) is 36.4 Å². The number of hydrogen-bond donors (Lipinski definition) is 1. The molecule has 0 aliphatic heterocycles. The molecule has 0 radical (unpaired) electrons. The summed E-state index contributed by atoms with van der Waals surface area (Å²) in [6, 6.07) is 5.04. The molecule has 1 aromatic carbocycles. The van der Waals surface area contributed by atoms with Crippen molar-refractivity contribution in [3.05, 3.63) is 51.8 Å². The number of nitrogens with zero attached hydrogens (tertiary/aromatic N) is 2. The molecule has 1 atom stereocenters. The smallest absolute Gasteiger partial charge is 0.305 e. The van der Waals surface area contributed by atoms with Gasteiger partial charge in [0, 0.05) is 17.7 Å². The lowest BCUT2D eigenvalue weighted by Crippen LogP contribution is -2.23. The van der Waals surface area contributed by atoms with Gasteiger partial charge in [-0.3, -0.25) is 4.68 Å². The summed E-state index contributed by atoms with van der Waals surface area (Å²) < 4.78 is 40.9. The van der Waals surface area contributed by atoms with E-state index in [9.17, 15) is 13.2 Å². The van der Waals surface area contributed by atoms with Crippen LogP contribution in [0.5, 0.6) is 0 Å². The maximum atomic E-state index is 12.9. The fourth-order valence-electron chi connectivity index (χ4n) is 2.11. The van der Waals surface area contributed by atoms with E-state index in [0.717, 1.165) is 12.1 Å². The maximum Gasteiger partial charge on any atom is 0.416 e. The molecule has 0 aliphatic carbocycles. The van der Waals surface area contributed by atoms with Gasteiger partial charge in [-0.2, -0.15) is 18.3 Å². The Bertz CT molecular complexity index is 622. The first kappa shape index (κ1) is 16.0. The quantitative estimate of drug-likeness (QED) is 0.894. The fraction of sp³-hybridized carbons (Fsp3) is 0.357. The van der Waals surface area contributed by atoms with Crippen molar-refractivity contribution in [2.45, 2.75) is 19.1 Å². The van der Waals surface area contributed by atoms with Gasteiger partial charge in [-0.15, -0.1) is 0 Å². The summed E-state index contributed by atoms with van der Waals surface area (Å²) in [7, 11) is 1.77. The van der Waals surface area contributed by atoms with Crippen LogP contribution in [0.1, 0.15) is 29.8 Å². The van der Waals surface area contributed by atoms with E-state index in [2.05, 4.69) is 26.3 Å². The number of halogens is 4. The summed E-state index contributed by atoms with van der Waals surface area (Å²) in [4.78, 5) is 0. The first-order valence-corrected chi connectivity index (χ1v) is 7.21. The third kappa shape index (κ3) is 3.65. The molecule has 3 nitrogen and oxygen atoms in total. The second kappa shape index (κ2) is 6.19. The lowest BCUT2D eigenvalue weighted by Gasteiger charge is -2.19. The summed E-state index contributed by atoms with van der Waals surface area (Å²) in [6.07, 6.45) is -2.60. The minimum absolute atomic E-state index is 0.395. The van der Waals surface area contributed by atoms with Crippen molar-refractivity contribution in [3.8, 4) is 0 Å². The zero-order valence-corrected chi connectivity index (χ0v) is 13.2. The number of nitrogens with one attached hydrogen (secondary N) is 1. The Kier molecular flexibility index (Phi) is 4.73. The van der Waals surface area contributed by atoms with Crippen LogP contribution in [0.4, 0.5) is 13.2 Å². The largest absolute Gasteiger partial charge is 0.416 e. The van der Waals surface area contributed by atoms with Crippen LogP contribution in [-0.2, 0) is 13.2 Å². The molecule has 0 spiro atoms. The average molecular weight is 362 g/mol. The Morgan fingerprint density at radius 1 is 1.33 bits per heavy atom. The van der Waals surface area contributed by atoms with Crippen LogP contribution in [0.2, 0.25) is 0 Å². The first-order valence-electron chi connectivity index (χ1n) is 6.42. The normalized spacial score (nSPS) is 13.4. The third-order valence-electron chi connectivity index (χ3n) is 3.07. The maximum absolute atomic E-state index is 12.9. The topological polar surface area (TPSA) is 29.9 Å². The lowest BCUT2D eigenvalue weighted by molar-refractivity contribution is -0.137. The van der Waals surface area contributed by atoms with Gasteiger partial charge >= 0.3 is 6.18 Å². The molecule has 1 heterocycles. The van der Waals surface area contributed by atoms with Crippen molar-refractivity contribution >= 4 is 15.9 Å². The summed E-state index contributed by atoms with van der Waals surface area (Å²) in [5, 5.41) is 7.47. The van der Waals surface area contributed by atoms with Crippen LogP contribution in [0, 0.1) is 0 Å². The summed E-state index contributed by atoms with van der Waals surface area (Å²) >= 11 is 3.33.